The van der Waals surface area contributed by atoms with Crippen molar-refractivity contribution < 1.29 is 28.2 Å². The zero-order valence-corrected chi connectivity index (χ0v) is 8.20. The molecule has 1 saturated carbocycles. The van der Waals surface area contributed by atoms with Gasteiger partial charge in [0.1, 0.15) is 0 Å². The standard InChI is InChI=1S/C9H12F2O4/c1-15-8(14)6-2-5(7(12)13)3-9(10,11)4-6/h5-6H,2-4H2,1H3,(H,12,13). The average molecular weight is 222 g/mol. The molecule has 1 aliphatic carbocycles. The molecule has 1 rings (SSSR count). The van der Waals surface area contributed by atoms with E-state index < -0.39 is 42.5 Å². The lowest BCUT2D eigenvalue weighted by Gasteiger charge is -2.31. The first-order chi connectivity index (χ1) is 6.85. The fourth-order valence-corrected chi connectivity index (χ4v) is 1.85. The minimum absolute atomic E-state index is 0.0718. The number of alkyl halides is 2. The van der Waals surface area contributed by atoms with Crippen LogP contribution in [0.15, 0.2) is 0 Å². The average Bonchev–Trinajstić information content (AvgIpc) is 2.14. The predicted octanol–water partition coefficient (Wildman–Crippen LogP) is 1.30. The normalized spacial score (nSPS) is 29.5. The first-order valence-electron chi connectivity index (χ1n) is 4.54. The van der Waals surface area contributed by atoms with Crippen LogP contribution in [0.25, 0.3) is 0 Å². The fraction of sp³-hybridized carbons (Fsp3) is 0.778. The van der Waals surface area contributed by atoms with E-state index in [0.29, 0.717) is 0 Å². The smallest absolute Gasteiger partial charge is 0.308 e. The van der Waals surface area contributed by atoms with E-state index in [1.165, 1.54) is 0 Å². The molecule has 86 valence electrons. The Bertz CT molecular complexity index is 277. The molecular formula is C9H12F2O4. The molecule has 2 unspecified atom stereocenters. The number of carbonyl (C=O) groups excluding carboxylic acids is 1. The Hall–Kier alpha value is -1.20. The Kier molecular flexibility index (Phi) is 3.26. The summed E-state index contributed by atoms with van der Waals surface area (Å²) in [6.07, 6.45) is -1.39. The summed E-state index contributed by atoms with van der Waals surface area (Å²) >= 11 is 0. The second-order valence-corrected chi connectivity index (χ2v) is 3.76. The highest BCUT2D eigenvalue weighted by molar-refractivity contribution is 5.75. The van der Waals surface area contributed by atoms with Crippen LogP contribution in [0.2, 0.25) is 0 Å². The highest BCUT2D eigenvalue weighted by Crippen LogP contribution is 2.40. The molecule has 0 aromatic carbocycles. The van der Waals surface area contributed by atoms with Crippen LogP contribution >= 0.6 is 0 Å². The van der Waals surface area contributed by atoms with Gasteiger partial charge in [-0.2, -0.15) is 0 Å². The maximum absolute atomic E-state index is 13.1. The minimum atomic E-state index is -3.10. The number of methoxy groups -OCH3 is 1. The fourth-order valence-electron chi connectivity index (χ4n) is 1.85. The summed E-state index contributed by atoms with van der Waals surface area (Å²) in [4.78, 5) is 21.7. The van der Waals surface area contributed by atoms with Crippen LogP contribution in [0.3, 0.4) is 0 Å². The number of carboxylic acids is 1. The third-order valence-electron chi connectivity index (χ3n) is 2.54. The summed E-state index contributed by atoms with van der Waals surface area (Å²) in [5.41, 5.74) is 0. The van der Waals surface area contributed by atoms with Gasteiger partial charge in [-0.3, -0.25) is 9.59 Å². The van der Waals surface area contributed by atoms with Gasteiger partial charge in [-0.1, -0.05) is 0 Å². The zero-order valence-electron chi connectivity index (χ0n) is 8.20. The largest absolute Gasteiger partial charge is 0.481 e. The van der Waals surface area contributed by atoms with E-state index in [1.54, 1.807) is 0 Å². The Balaban J connectivity index is 2.76. The number of rotatable bonds is 2. The minimum Gasteiger partial charge on any atom is -0.481 e. The maximum atomic E-state index is 13.1. The zero-order chi connectivity index (χ0) is 11.6. The Morgan fingerprint density at radius 2 is 1.87 bits per heavy atom. The second-order valence-electron chi connectivity index (χ2n) is 3.76. The van der Waals surface area contributed by atoms with E-state index in [-0.39, 0.29) is 6.42 Å². The van der Waals surface area contributed by atoms with Gasteiger partial charge in [0.05, 0.1) is 18.9 Å². The van der Waals surface area contributed by atoms with E-state index in [2.05, 4.69) is 4.74 Å². The lowest BCUT2D eigenvalue weighted by Crippen LogP contribution is -2.38. The molecule has 2 atom stereocenters. The molecule has 1 fully saturated rings. The number of ether oxygens (including phenoxy) is 1. The molecule has 1 N–H and O–H groups in total. The topological polar surface area (TPSA) is 63.6 Å². The van der Waals surface area contributed by atoms with Crippen LogP contribution in [0.5, 0.6) is 0 Å². The summed E-state index contributed by atoms with van der Waals surface area (Å²) in [5, 5.41) is 8.66. The first kappa shape index (κ1) is 11.9. The molecule has 0 radical (unpaired) electrons. The van der Waals surface area contributed by atoms with E-state index in [1.807, 2.05) is 0 Å². The number of aliphatic carboxylic acids is 1. The molecule has 0 amide bonds. The lowest BCUT2D eigenvalue weighted by molar-refractivity contribution is -0.161. The van der Waals surface area contributed by atoms with Crippen molar-refractivity contribution in [3.63, 3.8) is 0 Å². The Labute approximate surface area is 85.2 Å². The van der Waals surface area contributed by atoms with Gasteiger partial charge in [0.15, 0.2) is 0 Å². The van der Waals surface area contributed by atoms with Gasteiger partial charge in [0.2, 0.25) is 5.92 Å². The van der Waals surface area contributed by atoms with E-state index in [4.69, 9.17) is 5.11 Å². The molecule has 0 bridgehead atoms. The van der Waals surface area contributed by atoms with Crippen LogP contribution < -0.4 is 0 Å². The molecule has 15 heavy (non-hydrogen) atoms. The second kappa shape index (κ2) is 4.12. The highest BCUT2D eigenvalue weighted by atomic mass is 19.3. The number of halogens is 2. The highest BCUT2D eigenvalue weighted by Gasteiger charge is 2.46. The Morgan fingerprint density at radius 3 is 2.33 bits per heavy atom. The quantitative estimate of drug-likeness (QED) is 0.715. The molecule has 6 heteroatoms. The van der Waals surface area contributed by atoms with Gasteiger partial charge in [0.25, 0.3) is 0 Å². The van der Waals surface area contributed by atoms with Gasteiger partial charge in [0, 0.05) is 12.8 Å². The van der Waals surface area contributed by atoms with Crippen molar-refractivity contribution in [2.24, 2.45) is 11.8 Å². The van der Waals surface area contributed by atoms with Crippen molar-refractivity contribution >= 4 is 11.9 Å². The molecule has 0 aliphatic heterocycles. The number of carbonyl (C=O) groups is 2. The van der Waals surface area contributed by atoms with Gasteiger partial charge in [-0.05, 0) is 6.42 Å². The maximum Gasteiger partial charge on any atom is 0.308 e. The van der Waals surface area contributed by atoms with Gasteiger partial charge < -0.3 is 9.84 Å². The third-order valence-corrected chi connectivity index (χ3v) is 2.54. The Morgan fingerprint density at radius 1 is 1.33 bits per heavy atom. The summed E-state index contributed by atoms with van der Waals surface area (Å²) in [7, 11) is 1.10. The number of hydrogen-bond donors (Lipinski definition) is 1. The summed E-state index contributed by atoms with van der Waals surface area (Å²) in [6, 6.07) is 0. The molecule has 0 saturated heterocycles. The molecule has 0 spiro atoms. The van der Waals surface area contributed by atoms with Crippen molar-refractivity contribution in [2.45, 2.75) is 25.2 Å². The lowest BCUT2D eigenvalue weighted by atomic mass is 9.79. The molecule has 0 heterocycles. The van der Waals surface area contributed by atoms with Crippen molar-refractivity contribution in [3.05, 3.63) is 0 Å². The van der Waals surface area contributed by atoms with Gasteiger partial charge in [-0.25, -0.2) is 8.78 Å². The summed E-state index contributed by atoms with van der Waals surface area (Å²) < 4.78 is 30.5. The molecule has 0 aromatic heterocycles. The van der Waals surface area contributed by atoms with Crippen molar-refractivity contribution in [2.75, 3.05) is 7.11 Å². The molecular weight excluding hydrogens is 210 g/mol. The number of hydrogen-bond acceptors (Lipinski definition) is 3. The van der Waals surface area contributed by atoms with E-state index >= 15 is 0 Å². The predicted molar refractivity (Wildman–Crippen MR) is 45.4 cm³/mol. The van der Waals surface area contributed by atoms with Crippen LogP contribution in [0.4, 0.5) is 8.78 Å². The van der Waals surface area contributed by atoms with Crippen molar-refractivity contribution in [1.82, 2.24) is 0 Å². The molecule has 1 aliphatic rings. The van der Waals surface area contributed by atoms with Crippen molar-refractivity contribution in [3.8, 4) is 0 Å². The van der Waals surface area contributed by atoms with Crippen LogP contribution in [0, 0.1) is 11.8 Å². The monoisotopic (exact) mass is 222 g/mol. The van der Waals surface area contributed by atoms with Crippen molar-refractivity contribution in [1.29, 1.82) is 0 Å². The van der Waals surface area contributed by atoms with E-state index in [9.17, 15) is 18.4 Å². The van der Waals surface area contributed by atoms with Gasteiger partial charge >= 0.3 is 11.9 Å². The summed E-state index contributed by atoms with van der Waals surface area (Å²) in [6.45, 7) is 0. The molecule has 0 aromatic rings. The van der Waals surface area contributed by atoms with Crippen LogP contribution in [-0.4, -0.2) is 30.1 Å². The molecule has 4 nitrogen and oxygen atoms in total. The van der Waals surface area contributed by atoms with Crippen LogP contribution in [-0.2, 0) is 14.3 Å². The van der Waals surface area contributed by atoms with E-state index in [0.717, 1.165) is 7.11 Å². The number of esters is 1. The van der Waals surface area contributed by atoms with Gasteiger partial charge in [-0.15, -0.1) is 0 Å². The SMILES string of the molecule is COC(=O)C1CC(C(=O)O)CC(F)(F)C1. The van der Waals surface area contributed by atoms with Crippen LogP contribution in [0.1, 0.15) is 19.3 Å². The first-order valence-corrected chi connectivity index (χ1v) is 4.54. The summed E-state index contributed by atoms with van der Waals surface area (Å²) in [5.74, 6) is -7.33. The third kappa shape index (κ3) is 2.87. The number of carboxylic acid groups (broad SMARTS) is 1.